The number of rotatable bonds is 3. The fourth-order valence-corrected chi connectivity index (χ4v) is 2.97. The highest BCUT2D eigenvalue weighted by molar-refractivity contribution is 5.68. The maximum atomic E-state index is 12.1. The van der Waals surface area contributed by atoms with Gasteiger partial charge in [0.1, 0.15) is 5.60 Å². The van der Waals surface area contributed by atoms with Crippen LogP contribution in [0.3, 0.4) is 0 Å². The van der Waals surface area contributed by atoms with E-state index in [0.717, 1.165) is 49.8 Å². The molecule has 0 radical (unpaired) electrons. The van der Waals surface area contributed by atoms with Gasteiger partial charge in [0.05, 0.1) is 0 Å². The molecular formula is C18H30N4O2. The van der Waals surface area contributed by atoms with E-state index in [9.17, 15) is 4.79 Å². The molecule has 0 N–H and O–H groups in total. The van der Waals surface area contributed by atoms with Crippen LogP contribution in [0.2, 0.25) is 0 Å². The predicted octanol–water partition coefficient (Wildman–Crippen LogP) is 3.18. The number of anilines is 1. The van der Waals surface area contributed by atoms with Gasteiger partial charge in [-0.15, -0.1) is 0 Å². The monoisotopic (exact) mass is 334 g/mol. The summed E-state index contributed by atoms with van der Waals surface area (Å²) in [4.78, 5) is 25.1. The highest BCUT2D eigenvalue weighted by Crippen LogP contribution is 2.21. The standard InChI is InChI=1S/C18H30N4O2/c1-13-11-14(2)20-16(19-13)21(6)12-15-7-9-22(10-8-15)17(23)24-18(3,4)5/h11,15H,7-10,12H2,1-6H3. The van der Waals surface area contributed by atoms with Crippen LogP contribution in [-0.4, -0.2) is 53.2 Å². The molecule has 134 valence electrons. The SMILES string of the molecule is Cc1cc(C)nc(N(C)CC2CCN(C(=O)OC(C)(C)C)CC2)n1. The summed E-state index contributed by atoms with van der Waals surface area (Å²) in [6.07, 6.45) is 1.76. The second kappa shape index (κ2) is 7.36. The van der Waals surface area contributed by atoms with Crippen LogP contribution in [0.15, 0.2) is 6.07 Å². The van der Waals surface area contributed by atoms with Crippen molar-refractivity contribution in [1.82, 2.24) is 14.9 Å². The lowest BCUT2D eigenvalue weighted by molar-refractivity contribution is 0.0186. The summed E-state index contributed by atoms with van der Waals surface area (Å²) in [7, 11) is 2.04. The van der Waals surface area contributed by atoms with Crippen LogP contribution in [0.5, 0.6) is 0 Å². The van der Waals surface area contributed by atoms with E-state index >= 15 is 0 Å². The van der Waals surface area contributed by atoms with E-state index < -0.39 is 5.60 Å². The third kappa shape index (κ3) is 5.35. The number of nitrogens with zero attached hydrogens (tertiary/aromatic N) is 4. The highest BCUT2D eigenvalue weighted by Gasteiger charge is 2.27. The average molecular weight is 334 g/mol. The van der Waals surface area contributed by atoms with Gasteiger partial charge in [0, 0.05) is 38.1 Å². The van der Waals surface area contributed by atoms with Crippen LogP contribution in [0.25, 0.3) is 0 Å². The maximum Gasteiger partial charge on any atom is 0.410 e. The molecule has 2 heterocycles. The van der Waals surface area contributed by atoms with E-state index in [4.69, 9.17) is 4.74 Å². The second-order valence-electron chi connectivity index (χ2n) is 7.74. The van der Waals surface area contributed by atoms with Crippen LogP contribution in [-0.2, 0) is 4.74 Å². The summed E-state index contributed by atoms with van der Waals surface area (Å²) in [6, 6.07) is 1.98. The summed E-state index contributed by atoms with van der Waals surface area (Å²) < 4.78 is 5.45. The molecule has 1 aromatic heterocycles. The van der Waals surface area contributed by atoms with E-state index in [2.05, 4.69) is 14.9 Å². The van der Waals surface area contributed by atoms with Gasteiger partial charge in [-0.2, -0.15) is 0 Å². The average Bonchev–Trinajstić information content (AvgIpc) is 2.45. The first kappa shape index (κ1) is 18.5. The lowest BCUT2D eigenvalue weighted by Gasteiger charge is -2.34. The molecule has 0 aromatic carbocycles. The molecule has 6 nitrogen and oxygen atoms in total. The van der Waals surface area contributed by atoms with Crippen molar-refractivity contribution in [2.24, 2.45) is 5.92 Å². The minimum absolute atomic E-state index is 0.202. The van der Waals surface area contributed by atoms with Crippen molar-refractivity contribution in [1.29, 1.82) is 0 Å². The minimum Gasteiger partial charge on any atom is -0.444 e. The van der Waals surface area contributed by atoms with Crippen molar-refractivity contribution < 1.29 is 9.53 Å². The van der Waals surface area contributed by atoms with Crippen molar-refractivity contribution in [3.8, 4) is 0 Å². The molecule has 1 amide bonds. The van der Waals surface area contributed by atoms with Gasteiger partial charge < -0.3 is 14.5 Å². The third-order valence-electron chi connectivity index (χ3n) is 4.11. The lowest BCUT2D eigenvalue weighted by atomic mass is 9.96. The smallest absolute Gasteiger partial charge is 0.410 e. The number of likely N-dealkylation sites (tertiary alicyclic amines) is 1. The number of carbonyl (C=O) groups is 1. The van der Waals surface area contributed by atoms with Crippen molar-refractivity contribution >= 4 is 12.0 Å². The van der Waals surface area contributed by atoms with Gasteiger partial charge in [0.2, 0.25) is 5.95 Å². The molecule has 0 spiro atoms. The number of ether oxygens (including phenoxy) is 1. The molecular weight excluding hydrogens is 304 g/mol. The molecule has 1 saturated heterocycles. The number of amides is 1. The predicted molar refractivity (Wildman–Crippen MR) is 95.3 cm³/mol. The van der Waals surface area contributed by atoms with Crippen LogP contribution in [0, 0.1) is 19.8 Å². The maximum absolute atomic E-state index is 12.1. The van der Waals surface area contributed by atoms with Crippen molar-refractivity contribution in [3.63, 3.8) is 0 Å². The van der Waals surface area contributed by atoms with Crippen LogP contribution in [0.1, 0.15) is 45.0 Å². The molecule has 24 heavy (non-hydrogen) atoms. The fourth-order valence-electron chi connectivity index (χ4n) is 2.97. The largest absolute Gasteiger partial charge is 0.444 e. The molecule has 0 bridgehead atoms. The van der Waals surface area contributed by atoms with Crippen molar-refractivity contribution in [2.45, 2.75) is 53.1 Å². The Morgan fingerprint density at radius 1 is 1.25 bits per heavy atom. The second-order valence-corrected chi connectivity index (χ2v) is 7.74. The molecule has 0 aliphatic carbocycles. The molecule has 1 aliphatic rings. The quantitative estimate of drug-likeness (QED) is 0.850. The van der Waals surface area contributed by atoms with E-state index in [-0.39, 0.29) is 6.09 Å². The Morgan fingerprint density at radius 2 is 1.79 bits per heavy atom. The number of carbonyl (C=O) groups excluding carboxylic acids is 1. The van der Waals surface area contributed by atoms with Gasteiger partial charge in [0.15, 0.2) is 0 Å². The van der Waals surface area contributed by atoms with Crippen LogP contribution < -0.4 is 4.90 Å². The summed E-state index contributed by atoms with van der Waals surface area (Å²) in [6.45, 7) is 12.1. The zero-order valence-electron chi connectivity index (χ0n) is 15.8. The van der Waals surface area contributed by atoms with Gasteiger partial charge in [-0.1, -0.05) is 0 Å². The summed E-state index contributed by atoms with van der Waals surface area (Å²) in [5, 5.41) is 0. The highest BCUT2D eigenvalue weighted by atomic mass is 16.6. The molecule has 0 atom stereocenters. The zero-order valence-corrected chi connectivity index (χ0v) is 15.8. The number of hydrogen-bond acceptors (Lipinski definition) is 5. The first-order valence-electron chi connectivity index (χ1n) is 8.65. The molecule has 6 heteroatoms. The molecule has 1 fully saturated rings. The summed E-state index contributed by atoms with van der Waals surface area (Å²) in [5.74, 6) is 1.32. The van der Waals surface area contributed by atoms with Gasteiger partial charge in [-0.05, 0) is 59.4 Å². The Bertz CT molecular complexity index is 555. The summed E-state index contributed by atoms with van der Waals surface area (Å²) in [5.41, 5.74) is 1.54. The van der Waals surface area contributed by atoms with E-state index in [1.54, 1.807) is 0 Å². The van der Waals surface area contributed by atoms with Gasteiger partial charge in [-0.25, -0.2) is 14.8 Å². The van der Waals surface area contributed by atoms with Crippen molar-refractivity contribution in [2.75, 3.05) is 31.6 Å². The molecule has 2 rings (SSSR count). The molecule has 1 aliphatic heterocycles. The Morgan fingerprint density at radius 3 is 2.29 bits per heavy atom. The Kier molecular flexibility index (Phi) is 5.67. The van der Waals surface area contributed by atoms with Crippen LogP contribution >= 0.6 is 0 Å². The van der Waals surface area contributed by atoms with Gasteiger partial charge >= 0.3 is 6.09 Å². The molecule has 0 unspecified atom stereocenters. The molecule has 1 aromatic rings. The fraction of sp³-hybridized carbons (Fsp3) is 0.722. The molecule has 0 saturated carbocycles. The number of piperidine rings is 1. The normalized spacial score (nSPS) is 16.2. The number of aryl methyl sites for hydroxylation is 2. The van der Waals surface area contributed by atoms with E-state index in [1.807, 2.05) is 52.6 Å². The Balaban J connectivity index is 1.85. The lowest BCUT2D eigenvalue weighted by Crippen LogP contribution is -2.43. The van der Waals surface area contributed by atoms with Crippen LogP contribution in [0.4, 0.5) is 10.7 Å². The van der Waals surface area contributed by atoms with Crippen molar-refractivity contribution in [3.05, 3.63) is 17.5 Å². The zero-order chi connectivity index (χ0) is 17.9. The van der Waals surface area contributed by atoms with Gasteiger partial charge in [-0.3, -0.25) is 0 Å². The number of hydrogen-bond donors (Lipinski definition) is 0. The minimum atomic E-state index is -0.436. The van der Waals surface area contributed by atoms with Gasteiger partial charge in [0.25, 0.3) is 0 Å². The topological polar surface area (TPSA) is 58.6 Å². The number of aromatic nitrogens is 2. The summed E-state index contributed by atoms with van der Waals surface area (Å²) >= 11 is 0. The Labute approximate surface area is 145 Å². The first-order chi connectivity index (χ1) is 11.1. The Hall–Kier alpha value is -1.85. The first-order valence-corrected chi connectivity index (χ1v) is 8.65. The van der Waals surface area contributed by atoms with E-state index in [0.29, 0.717) is 5.92 Å². The third-order valence-corrected chi connectivity index (χ3v) is 4.11. The van der Waals surface area contributed by atoms with E-state index in [1.165, 1.54) is 0 Å².